The molecule has 9 heteroatoms. The zero-order valence-electron chi connectivity index (χ0n) is 26.7. The van der Waals surface area contributed by atoms with Crippen LogP contribution < -0.4 is 9.47 Å². The summed E-state index contributed by atoms with van der Waals surface area (Å²) in [6, 6.07) is 18.3. The SMILES string of the molecule is C=C(C)C(=O)OCCOc1cc(C(=O)OCCOC(O)C(=C)C)ccc1-c1ccc(-c2ccc(OC(=O)C(=C)C)cc2)cc1CC. The molecule has 3 aromatic carbocycles. The summed E-state index contributed by atoms with van der Waals surface area (Å²) in [5.74, 6) is -0.770. The van der Waals surface area contributed by atoms with Gasteiger partial charge in [-0.15, -0.1) is 0 Å². The van der Waals surface area contributed by atoms with Gasteiger partial charge in [-0.2, -0.15) is 0 Å². The first-order chi connectivity index (χ1) is 21.9. The second-order valence-electron chi connectivity index (χ2n) is 10.6. The number of hydrogen-bond donors (Lipinski definition) is 1. The number of carbonyl (C=O) groups excluding carboxylic acids is 3. The van der Waals surface area contributed by atoms with Crippen LogP contribution >= 0.6 is 0 Å². The van der Waals surface area contributed by atoms with E-state index in [1.807, 2.05) is 31.2 Å². The standard InChI is InChI=1S/C37H40O9/c1-8-26-21-28(27-9-13-30(14-10-27)46-36(40)25(6)7)11-15-31(26)32-16-12-29(37(41)45-20-19-44-35(39)24(4)5)22-33(32)42-17-18-43-34(38)23(2)3/h9-16,21-22,35,39H,2,4,6,8,17-20H2,1,3,5,7H3. The third-order valence-corrected chi connectivity index (χ3v) is 6.68. The zero-order chi connectivity index (χ0) is 33.8. The van der Waals surface area contributed by atoms with Gasteiger partial charge in [0.25, 0.3) is 0 Å². The number of esters is 3. The first-order valence-electron chi connectivity index (χ1n) is 14.7. The molecule has 1 N–H and O–H groups in total. The van der Waals surface area contributed by atoms with E-state index in [2.05, 4.69) is 25.8 Å². The molecule has 0 heterocycles. The Labute approximate surface area is 269 Å². The predicted molar refractivity (Wildman–Crippen MR) is 175 cm³/mol. The van der Waals surface area contributed by atoms with Crippen LogP contribution in [0.1, 0.15) is 43.6 Å². The predicted octanol–water partition coefficient (Wildman–Crippen LogP) is 6.63. The number of hydrogen-bond acceptors (Lipinski definition) is 9. The van der Waals surface area contributed by atoms with E-state index in [9.17, 15) is 19.5 Å². The van der Waals surface area contributed by atoms with Crippen LogP contribution in [0.2, 0.25) is 0 Å². The van der Waals surface area contributed by atoms with Crippen molar-refractivity contribution in [3.05, 3.63) is 108 Å². The molecule has 3 rings (SSSR count). The van der Waals surface area contributed by atoms with Crippen molar-refractivity contribution in [1.29, 1.82) is 0 Å². The topological polar surface area (TPSA) is 118 Å². The quantitative estimate of drug-likeness (QED) is 0.0466. The summed E-state index contributed by atoms with van der Waals surface area (Å²) in [6.45, 7) is 17.6. The van der Waals surface area contributed by atoms with Gasteiger partial charge in [0.2, 0.25) is 0 Å². The third kappa shape index (κ3) is 10.0. The van der Waals surface area contributed by atoms with Crippen LogP contribution in [-0.2, 0) is 30.2 Å². The molecule has 0 saturated carbocycles. The second-order valence-corrected chi connectivity index (χ2v) is 10.6. The average molecular weight is 629 g/mol. The first-order valence-corrected chi connectivity index (χ1v) is 14.7. The largest absolute Gasteiger partial charge is 0.489 e. The van der Waals surface area contributed by atoms with Gasteiger partial charge in [0.1, 0.15) is 31.3 Å². The minimum absolute atomic E-state index is 0.0100. The second kappa shape index (κ2) is 16.9. The monoisotopic (exact) mass is 628 g/mol. The Bertz CT molecular complexity index is 1600. The maximum atomic E-state index is 12.8. The number of carbonyl (C=O) groups is 3. The molecule has 9 nitrogen and oxygen atoms in total. The summed E-state index contributed by atoms with van der Waals surface area (Å²) < 4.78 is 27.0. The number of aryl methyl sites for hydroxylation is 1. The van der Waals surface area contributed by atoms with Gasteiger partial charge in [0.05, 0.1) is 12.2 Å². The average Bonchev–Trinajstić information content (AvgIpc) is 3.04. The highest BCUT2D eigenvalue weighted by Gasteiger charge is 2.17. The van der Waals surface area contributed by atoms with Crippen molar-refractivity contribution in [3.8, 4) is 33.8 Å². The molecular weight excluding hydrogens is 588 g/mol. The van der Waals surface area contributed by atoms with E-state index in [1.165, 1.54) is 0 Å². The van der Waals surface area contributed by atoms with Crippen molar-refractivity contribution in [2.75, 3.05) is 26.4 Å². The number of benzene rings is 3. The molecule has 0 radical (unpaired) electrons. The maximum Gasteiger partial charge on any atom is 0.338 e. The smallest absolute Gasteiger partial charge is 0.338 e. The van der Waals surface area contributed by atoms with Crippen molar-refractivity contribution in [1.82, 2.24) is 0 Å². The minimum atomic E-state index is -1.14. The van der Waals surface area contributed by atoms with Gasteiger partial charge in [0.15, 0.2) is 6.29 Å². The Morgan fingerprint density at radius 1 is 0.739 bits per heavy atom. The Balaban J connectivity index is 1.86. The maximum absolute atomic E-state index is 12.8. The lowest BCUT2D eigenvalue weighted by molar-refractivity contribution is -0.139. The Hall–Kier alpha value is -4.99. The fourth-order valence-electron chi connectivity index (χ4n) is 4.16. The van der Waals surface area contributed by atoms with Gasteiger partial charge in [-0.25, -0.2) is 14.4 Å². The molecule has 1 unspecified atom stereocenters. The third-order valence-electron chi connectivity index (χ3n) is 6.68. The molecule has 0 aromatic heterocycles. The summed E-state index contributed by atoms with van der Waals surface area (Å²) in [4.78, 5) is 36.5. The lowest BCUT2D eigenvalue weighted by atomic mass is 9.92. The van der Waals surface area contributed by atoms with Crippen molar-refractivity contribution < 1.29 is 43.2 Å². The van der Waals surface area contributed by atoms with E-state index in [0.717, 1.165) is 27.8 Å². The van der Waals surface area contributed by atoms with E-state index < -0.39 is 24.2 Å². The number of ether oxygens (including phenoxy) is 5. The van der Waals surface area contributed by atoms with Crippen LogP contribution in [0.15, 0.2) is 97.1 Å². The van der Waals surface area contributed by atoms with E-state index in [4.69, 9.17) is 23.7 Å². The highest BCUT2D eigenvalue weighted by molar-refractivity contribution is 5.92. The molecule has 242 valence electrons. The van der Waals surface area contributed by atoms with E-state index in [-0.39, 0.29) is 37.6 Å². The molecule has 0 saturated heterocycles. The molecule has 46 heavy (non-hydrogen) atoms. The molecule has 0 fully saturated rings. The van der Waals surface area contributed by atoms with E-state index in [1.54, 1.807) is 51.1 Å². The van der Waals surface area contributed by atoms with Gasteiger partial charge in [-0.05, 0) is 85.4 Å². The Kier molecular flexibility index (Phi) is 13.0. The zero-order valence-corrected chi connectivity index (χ0v) is 26.7. The van der Waals surface area contributed by atoms with Gasteiger partial charge >= 0.3 is 17.9 Å². The molecule has 0 aliphatic carbocycles. The number of aliphatic hydroxyl groups is 1. The highest BCUT2D eigenvalue weighted by Crippen LogP contribution is 2.36. The lowest BCUT2D eigenvalue weighted by Gasteiger charge is -2.17. The first kappa shape index (κ1) is 35.5. The van der Waals surface area contributed by atoms with Crippen LogP contribution in [0.3, 0.4) is 0 Å². The van der Waals surface area contributed by atoms with E-state index >= 15 is 0 Å². The molecule has 0 amide bonds. The molecule has 0 bridgehead atoms. The van der Waals surface area contributed by atoms with Crippen LogP contribution in [0.4, 0.5) is 0 Å². The number of rotatable bonds is 16. The fraction of sp³-hybridized carbons (Fsp3) is 0.270. The fourth-order valence-corrected chi connectivity index (χ4v) is 4.16. The lowest BCUT2D eigenvalue weighted by Crippen LogP contribution is -2.18. The summed E-state index contributed by atoms with van der Waals surface area (Å²) >= 11 is 0. The van der Waals surface area contributed by atoms with Gasteiger partial charge in [-0.1, -0.05) is 57.0 Å². The normalized spacial score (nSPS) is 11.2. The van der Waals surface area contributed by atoms with Crippen LogP contribution in [-0.4, -0.2) is 55.7 Å². The molecule has 0 aliphatic heterocycles. The summed E-state index contributed by atoms with van der Waals surface area (Å²) in [5, 5.41) is 9.70. The summed E-state index contributed by atoms with van der Waals surface area (Å²) in [6.07, 6.45) is -0.436. The molecule has 1 atom stereocenters. The van der Waals surface area contributed by atoms with E-state index in [0.29, 0.717) is 29.1 Å². The summed E-state index contributed by atoms with van der Waals surface area (Å²) in [7, 11) is 0. The van der Waals surface area contributed by atoms with Crippen LogP contribution in [0, 0.1) is 0 Å². The minimum Gasteiger partial charge on any atom is -0.489 e. The van der Waals surface area contributed by atoms with Crippen LogP contribution in [0.5, 0.6) is 11.5 Å². The van der Waals surface area contributed by atoms with Gasteiger partial charge < -0.3 is 28.8 Å². The molecular formula is C37H40O9. The molecule has 3 aromatic rings. The Morgan fingerprint density at radius 2 is 1.37 bits per heavy atom. The van der Waals surface area contributed by atoms with Crippen molar-refractivity contribution >= 4 is 17.9 Å². The Morgan fingerprint density at radius 3 is 2.00 bits per heavy atom. The highest BCUT2D eigenvalue weighted by atomic mass is 16.6. The molecule has 0 aliphatic rings. The van der Waals surface area contributed by atoms with Crippen molar-refractivity contribution in [3.63, 3.8) is 0 Å². The van der Waals surface area contributed by atoms with Crippen molar-refractivity contribution in [2.45, 2.75) is 40.4 Å². The molecule has 0 spiro atoms. The number of aliphatic hydroxyl groups excluding tert-OH is 1. The summed E-state index contributed by atoms with van der Waals surface area (Å²) in [5.41, 5.74) is 5.85. The van der Waals surface area contributed by atoms with Crippen LogP contribution in [0.25, 0.3) is 22.3 Å². The van der Waals surface area contributed by atoms with Crippen molar-refractivity contribution in [2.24, 2.45) is 0 Å². The van der Waals surface area contributed by atoms with Gasteiger partial charge in [-0.3, -0.25) is 0 Å². The van der Waals surface area contributed by atoms with Gasteiger partial charge in [0, 0.05) is 16.7 Å².